The molecular formula is C13H19N4O+. The van der Waals surface area contributed by atoms with Crippen molar-refractivity contribution in [3.8, 4) is 0 Å². The standard InChI is InChI=1S/C13H19N4O/c1-12-10-16(11-15-12)6-2-5-14-9-13-3-7-17(18)8-4-13/h3-4,7-8,10-11,14,18H,2,5-6,9H2,1H3/q+1. The van der Waals surface area contributed by atoms with E-state index in [0.717, 1.165) is 36.5 Å². The van der Waals surface area contributed by atoms with Crippen molar-refractivity contribution < 1.29 is 9.94 Å². The molecule has 0 aromatic carbocycles. The molecule has 0 saturated heterocycles. The highest BCUT2D eigenvalue weighted by molar-refractivity contribution is 5.06. The van der Waals surface area contributed by atoms with Crippen LogP contribution < -0.4 is 10.0 Å². The lowest BCUT2D eigenvalue weighted by Gasteiger charge is -2.04. The zero-order chi connectivity index (χ0) is 12.8. The van der Waals surface area contributed by atoms with Gasteiger partial charge >= 0.3 is 0 Å². The number of imidazole rings is 1. The van der Waals surface area contributed by atoms with Gasteiger partial charge < -0.3 is 9.88 Å². The van der Waals surface area contributed by atoms with Crippen LogP contribution in [0.4, 0.5) is 0 Å². The number of hydrogen-bond donors (Lipinski definition) is 2. The lowest BCUT2D eigenvalue weighted by atomic mass is 10.2. The molecule has 2 aromatic rings. The Morgan fingerprint density at radius 1 is 1.39 bits per heavy atom. The Kier molecular flexibility index (Phi) is 4.30. The van der Waals surface area contributed by atoms with E-state index < -0.39 is 0 Å². The second-order valence-corrected chi connectivity index (χ2v) is 4.37. The number of nitrogens with zero attached hydrogens (tertiary/aromatic N) is 3. The van der Waals surface area contributed by atoms with E-state index in [2.05, 4.69) is 21.1 Å². The summed E-state index contributed by atoms with van der Waals surface area (Å²) in [7, 11) is 0. The van der Waals surface area contributed by atoms with Crippen LogP contribution in [0.1, 0.15) is 17.7 Å². The first-order chi connectivity index (χ1) is 8.74. The monoisotopic (exact) mass is 247 g/mol. The summed E-state index contributed by atoms with van der Waals surface area (Å²) in [6, 6.07) is 3.79. The summed E-state index contributed by atoms with van der Waals surface area (Å²) in [5.74, 6) is 0. The number of aromatic nitrogens is 3. The number of aryl methyl sites for hydroxylation is 2. The Morgan fingerprint density at radius 2 is 2.17 bits per heavy atom. The van der Waals surface area contributed by atoms with Gasteiger partial charge in [-0.3, -0.25) is 5.21 Å². The predicted molar refractivity (Wildman–Crippen MR) is 67.1 cm³/mol. The molecule has 2 heterocycles. The molecule has 2 N–H and O–H groups in total. The molecule has 18 heavy (non-hydrogen) atoms. The number of hydrogen-bond acceptors (Lipinski definition) is 3. The zero-order valence-corrected chi connectivity index (χ0v) is 10.6. The maximum atomic E-state index is 9.08. The topological polar surface area (TPSA) is 54.0 Å². The normalized spacial score (nSPS) is 10.7. The maximum absolute atomic E-state index is 9.08. The van der Waals surface area contributed by atoms with E-state index >= 15 is 0 Å². The Bertz CT molecular complexity index is 478. The van der Waals surface area contributed by atoms with Crippen LogP contribution in [0, 0.1) is 6.92 Å². The SMILES string of the molecule is Cc1cn(CCCNCc2cc[n+](O)cc2)cn1. The fraction of sp³-hybridized carbons (Fsp3) is 0.385. The highest BCUT2D eigenvalue weighted by atomic mass is 16.5. The molecule has 0 fully saturated rings. The van der Waals surface area contributed by atoms with Crippen LogP contribution in [0.2, 0.25) is 0 Å². The van der Waals surface area contributed by atoms with E-state index in [1.54, 1.807) is 12.4 Å². The lowest BCUT2D eigenvalue weighted by molar-refractivity contribution is -0.904. The number of rotatable bonds is 6. The molecule has 5 nitrogen and oxygen atoms in total. The van der Waals surface area contributed by atoms with Crippen LogP contribution in [0.5, 0.6) is 0 Å². The van der Waals surface area contributed by atoms with Crippen molar-refractivity contribution in [2.75, 3.05) is 6.54 Å². The van der Waals surface area contributed by atoms with E-state index in [1.807, 2.05) is 25.4 Å². The molecule has 0 unspecified atom stereocenters. The number of nitrogens with one attached hydrogen (secondary N) is 1. The summed E-state index contributed by atoms with van der Waals surface area (Å²) < 4.78 is 3.15. The van der Waals surface area contributed by atoms with Gasteiger partial charge in [-0.15, -0.1) is 0 Å². The smallest absolute Gasteiger partial charge is 0.222 e. The highest BCUT2D eigenvalue weighted by Crippen LogP contribution is 1.96. The molecule has 0 aliphatic rings. The van der Waals surface area contributed by atoms with Crippen molar-refractivity contribution in [3.05, 3.63) is 48.3 Å². The van der Waals surface area contributed by atoms with Gasteiger partial charge in [0.15, 0.2) is 0 Å². The van der Waals surface area contributed by atoms with Gasteiger partial charge in [-0.05, 0) is 25.5 Å². The van der Waals surface area contributed by atoms with Crippen LogP contribution >= 0.6 is 0 Å². The molecule has 0 saturated carbocycles. The van der Waals surface area contributed by atoms with Crippen molar-refractivity contribution in [3.63, 3.8) is 0 Å². The van der Waals surface area contributed by atoms with Gasteiger partial charge in [0.25, 0.3) is 0 Å². The first-order valence-corrected chi connectivity index (χ1v) is 6.12. The Balaban J connectivity index is 1.63. The van der Waals surface area contributed by atoms with Gasteiger partial charge in [0.05, 0.1) is 12.0 Å². The second kappa shape index (κ2) is 6.16. The predicted octanol–water partition coefficient (Wildman–Crippen LogP) is 0.896. The van der Waals surface area contributed by atoms with Crippen LogP contribution in [0.25, 0.3) is 0 Å². The largest absolute Gasteiger partial charge is 0.337 e. The van der Waals surface area contributed by atoms with Gasteiger partial charge in [0, 0.05) is 36.1 Å². The molecule has 0 radical (unpaired) electrons. The molecular weight excluding hydrogens is 228 g/mol. The molecule has 2 aromatic heterocycles. The third-order valence-electron chi connectivity index (χ3n) is 2.74. The van der Waals surface area contributed by atoms with Crippen molar-refractivity contribution in [1.29, 1.82) is 0 Å². The van der Waals surface area contributed by atoms with E-state index in [-0.39, 0.29) is 0 Å². The summed E-state index contributed by atoms with van der Waals surface area (Å²) in [6.45, 7) is 4.77. The van der Waals surface area contributed by atoms with Crippen molar-refractivity contribution in [2.45, 2.75) is 26.4 Å². The summed E-state index contributed by atoms with van der Waals surface area (Å²) in [4.78, 5) is 4.19. The summed E-state index contributed by atoms with van der Waals surface area (Å²) in [6.07, 6.45) is 8.25. The fourth-order valence-electron chi connectivity index (χ4n) is 1.78. The third kappa shape index (κ3) is 3.85. The fourth-order valence-corrected chi connectivity index (χ4v) is 1.78. The number of pyridine rings is 1. The summed E-state index contributed by atoms with van der Waals surface area (Å²) in [5, 5.41) is 12.5. The molecule has 0 amide bonds. The summed E-state index contributed by atoms with van der Waals surface area (Å²) in [5.41, 5.74) is 2.23. The van der Waals surface area contributed by atoms with E-state index in [0.29, 0.717) is 0 Å². The first kappa shape index (κ1) is 12.6. The molecule has 0 spiro atoms. The minimum Gasteiger partial charge on any atom is -0.337 e. The summed E-state index contributed by atoms with van der Waals surface area (Å²) >= 11 is 0. The van der Waals surface area contributed by atoms with Crippen molar-refractivity contribution >= 4 is 0 Å². The second-order valence-electron chi connectivity index (χ2n) is 4.37. The molecule has 0 aliphatic carbocycles. The Hall–Kier alpha value is -1.88. The average molecular weight is 247 g/mol. The Labute approximate surface area is 107 Å². The third-order valence-corrected chi connectivity index (χ3v) is 2.74. The minimum atomic E-state index is 0.823. The lowest BCUT2D eigenvalue weighted by Crippen LogP contribution is -2.28. The molecule has 5 heteroatoms. The quantitative estimate of drug-likeness (QED) is 0.453. The van der Waals surface area contributed by atoms with Crippen molar-refractivity contribution in [2.24, 2.45) is 0 Å². The van der Waals surface area contributed by atoms with Gasteiger partial charge in [0.1, 0.15) is 0 Å². The van der Waals surface area contributed by atoms with Gasteiger partial charge in [-0.1, -0.05) is 0 Å². The highest BCUT2D eigenvalue weighted by Gasteiger charge is 1.98. The zero-order valence-electron chi connectivity index (χ0n) is 10.6. The molecule has 96 valence electrons. The molecule has 0 atom stereocenters. The van der Waals surface area contributed by atoms with E-state index in [4.69, 9.17) is 5.21 Å². The van der Waals surface area contributed by atoms with Crippen LogP contribution in [-0.2, 0) is 13.1 Å². The van der Waals surface area contributed by atoms with Gasteiger partial charge in [0.2, 0.25) is 12.4 Å². The average Bonchev–Trinajstić information content (AvgIpc) is 2.77. The Morgan fingerprint density at radius 3 is 2.83 bits per heavy atom. The molecule has 2 rings (SSSR count). The maximum Gasteiger partial charge on any atom is 0.222 e. The van der Waals surface area contributed by atoms with Crippen LogP contribution in [-0.4, -0.2) is 21.3 Å². The van der Waals surface area contributed by atoms with Gasteiger partial charge in [-0.25, -0.2) is 4.98 Å². The first-order valence-electron chi connectivity index (χ1n) is 6.12. The van der Waals surface area contributed by atoms with Crippen LogP contribution in [0.15, 0.2) is 37.1 Å². The molecule has 0 bridgehead atoms. The minimum absolute atomic E-state index is 0.823. The molecule has 0 aliphatic heterocycles. The van der Waals surface area contributed by atoms with Gasteiger partial charge in [-0.2, -0.15) is 0 Å². The van der Waals surface area contributed by atoms with E-state index in [9.17, 15) is 0 Å². The van der Waals surface area contributed by atoms with Crippen LogP contribution in [0.3, 0.4) is 0 Å². The van der Waals surface area contributed by atoms with E-state index in [1.165, 1.54) is 5.56 Å². The van der Waals surface area contributed by atoms with Crippen molar-refractivity contribution in [1.82, 2.24) is 14.9 Å².